The highest BCUT2D eigenvalue weighted by Gasteiger charge is 2.36. The molecule has 0 aromatic heterocycles. The molecule has 2 atom stereocenters. The summed E-state index contributed by atoms with van der Waals surface area (Å²) in [5, 5.41) is 0.661. The molecule has 0 aliphatic carbocycles. The van der Waals surface area contributed by atoms with Gasteiger partial charge < -0.3 is 9.64 Å². The topological polar surface area (TPSA) is 29.5 Å². The molecular weight excluding hydrogens is 428 g/mol. The number of piperidine rings is 1. The number of carbonyl (C=O) groups is 1. The van der Waals surface area contributed by atoms with E-state index in [1.165, 1.54) is 0 Å². The Kier molecular flexibility index (Phi) is 6.80. The number of rotatable bonds is 4. The van der Waals surface area contributed by atoms with E-state index in [2.05, 4.69) is 0 Å². The maximum Gasteiger partial charge on any atom is 0.226 e. The minimum atomic E-state index is -1.59. The van der Waals surface area contributed by atoms with E-state index in [9.17, 15) is 4.79 Å². The van der Waals surface area contributed by atoms with E-state index < -0.39 is 3.79 Å². The highest BCUT2D eigenvalue weighted by atomic mass is 35.6. The molecule has 3 nitrogen and oxygen atoms in total. The molecule has 7 heteroatoms. The van der Waals surface area contributed by atoms with Crippen LogP contribution in [0.1, 0.15) is 24.3 Å². The normalized spacial score (nSPS) is 20.4. The van der Waals surface area contributed by atoms with Crippen molar-refractivity contribution in [1.82, 2.24) is 4.90 Å². The molecule has 1 amide bonds. The molecule has 0 N–H and O–H groups in total. The first-order valence-corrected chi connectivity index (χ1v) is 10.1. The summed E-state index contributed by atoms with van der Waals surface area (Å²) >= 11 is 23.3. The summed E-state index contributed by atoms with van der Waals surface area (Å²) in [6, 6.07) is 17.3. The standard InChI is InChI=1S/C20H19Cl4NO2/c21-15-6-8-16(9-7-15)27-18-10-11-25(19(26)12-20(22,23)24)13-17(18)14-4-2-1-3-5-14/h1-9,17-18H,10-13H2/t17-,18+/m0/s1. The van der Waals surface area contributed by atoms with Crippen LogP contribution in [0.15, 0.2) is 54.6 Å². The lowest BCUT2D eigenvalue weighted by Crippen LogP contribution is -2.47. The van der Waals surface area contributed by atoms with Gasteiger partial charge in [-0.3, -0.25) is 4.79 Å². The zero-order valence-electron chi connectivity index (χ0n) is 14.5. The van der Waals surface area contributed by atoms with Gasteiger partial charge in [0.05, 0.1) is 6.42 Å². The smallest absolute Gasteiger partial charge is 0.226 e. The lowest BCUT2D eigenvalue weighted by Gasteiger charge is -2.39. The van der Waals surface area contributed by atoms with Crippen molar-refractivity contribution < 1.29 is 9.53 Å². The Morgan fingerprint density at radius 2 is 1.74 bits per heavy atom. The molecule has 144 valence electrons. The van der Waals surface area contributed by atoms with Crippen LogP contribution in [0.25, 0.3) is 0 Å². The third kappa shape index (κ3) is 5.92. The second-order valence-electron chi connectivity index (χ2n) is 6.55. The fourth-order valence-corrected chi connectivity index (χ4v) is 3.76. The van der Waals surface area contributed by atoms with Crippen molar-refractivity contribution in [3.8, 4) is 5.75 Å². The first kappa shape index (κ1) is 20.6. The van der Waals surface area contributed by atoms with Crippen molar-refractivity contribution in [3.63, 3.8) is 0 Å². The molecule has 0 unspecified atom stereocenters. The lowest BCUT2D eigenvalue weighted by atomic mass is 9.87. The van der Waals surface area contributed by atoms with Gasteiger partial charge in [-0.25, -0.2) is 0 Å². The van der Waals surface area contributed by atoms with E-state index in [1.807, 2.05) is 42.5 Å². The predicted octanol–water partition coefficient (Wildman–Crippen LogP) is 5.86. The van der Waals surface area contributed by atoms with Crippen LogP contribution in [-0.2, 0) is 4.79 Å². The number of hydrogen-bond acceptors (Lipinski definition) is 2. The predicted molar refractivity (Wildman–Crippen MR) is 111 cm³/mol. The first-order valence-electron chi connectivity index (χ1n) is 8.63. The van der Waals surface area contributed by atoms with E-state index in [1.54, 1.807) is 17.0 Å². The Morgan fingerprint density at radius 1 is 1.07 bits per heavy atom. The second-order valence-corrected chi connectivity index (χ2v) is 9.50. The monoisotopic (exact) mass is 445 g/mol. The number of halogens is 4. The zero-order chi connectivity index (χ0) is 19.4. The van der Waals surface area contributed by atoms with Gasteiger partial charge in [0.2, 0.25) is 5.91 Å². The molecule has 2 aromatic carbocycles. The number of nitrogens with zero attached hydrogens (tertiary/aromatic N) is 1. The highest BCUT2D eigenvalue weighted by molar-refractivity contribution is 6.68. The second kappa shape index (κ2) is 8.91. The minimum absolute atomic E-state index is 0.0231. The van der Waals surface area contributed by atoms with Gasteiger partial charge >= 0.3 is 0 Å². The van der Waals surface area contributed by atoms with Crippen molar-refractivity contribution >= 4 is 52.3 Å². The quantitative estimate of drug-likeness (QED) is 0.550. The van der Waals surface area contributed by atoms with Gasteiger partial charge in [0.15, 0.2) is 3.79 Å². The van der Waals surface area contributed by atoms with Crippen molar-refractivity contribution in [2.45, 2.75) is 28.7 Å². The van der Waals surface area contributed by atoms with Crippen LogP contribution in [0.3, 0.4) is 0 Å². The highest BCUT2D eigenvalue weighted by Crippen LogP contribution is 2.34. The van der Waals surface area contributed by atoms with Crippen molar-refractivity contribution in [2.75, 3.05) is 13.1 Å². The largest absolute Gasteiger partial charge is 0.490 e. The maximum atomic E-state index is 12.5. The number of amides is 1. The number of alkyl halides is 3. The fraction of sp³-hybridized carbons (Fsp3) is 0.350. The summed E-state index contributed by atoms with van der Waals surface area (Å²) in [5.74, 6) is 0.613. The Balaban J connectivity index is 1.78. The van der Waals surface area contributed by atoms with Gasteiger partial charge in [-0.05, 0) is 29.8 Å². The van der Waals surface area contributed by atoms with Crippen LogP contribution < -0.4 is 4.74 Å². The van der Waals surface area contributed by atoms with Crippen molar-refractivity contribution in [2.24, 2.45) is 0 Å². The van der Waals surface area contributed by atoms with Crippen LogP contribution in [-0.4, -0.2) is 33.8 Å². The average Bonchev–Trinajstić information content (AvgIpc) is 2.63. The van der Waals surface area contributed by atoms with E-state index in [0.29, 0.717) is 24.5 Å². The third-order valence-corrected chi connectivity index (χ3v) is 5.24. The first-order chi connectivity index (χ1) is 12.8. The molecule has 0 spiro atoms. The van der Waals surface area contributed by atoms with E-state index in [4.69, 9.17) is 51.1 Å². The van der Waals surface area contributed by atoms with Crippen LogP contribution in [0.5, 0.6) is 5.75 Å². The molecule has 1 aliphatic heterocycles. The molecular formula is C20H19Cl4NO2. The summed E-state index contributed by atoms with van der Waals surface area (Å²) in [7, 11) is 0. The number of carbonyl (C=O) groups excluding carboxylic acids is 1. The van der Waals surface area contributed by atoms with Gasteiger partial charge in [-0.2, -0.15) is 0 Å². The summed E-state index contributed by atoms with van der Waals surface area (Å²) < 4.78 is 4.64. The minimum Gasteiger partial charge on any atom is -0.490 e. The molecule has 0 radical (unpaired) electrons. The van der Waals surface area contributed by atoms with Gasteiger partial charge in [0, 0.05) is 30.5 Å². The van der Waals surface area contributed by atoms with Crippen molar-refractivity contribution in [3.05, 3.63) is 65.2 Å². The van der Waals surface area contributed by atoms with E-state index >= 15 is 0 Å². The molecule has 27 heavy (non-hydrogen) atoms. The summed E-state index contributed by atoms with van der Waals surface area (Å²) in [4.78, 5) is 14.3. The Bertz CT molecular complexity index is 762. The Labute approximate surface area is 179 Å². The molecule has 1 heterocycles. The Morgan fingerprint density at radius 3 is 2.37 bits per heavy atom. The molecule has 0 saturated carbocycles. The van der Waals surface area contributed by atoms with E-state index in [-0.39, 0.29) is 24.3 Å². The average molecular weight is 447 g/mol. The van der Waals surface area contributed by atoms with Gasteiger partial charge in [-0.15, -0.1) is 0 Å². The van der Waals surface area contributed by atoms with E-state index in [0.717, 1.165) is 11.3 Å². The third-order valence-electron chi connectivity index (χ3n) is 4.58. The molecule has 0 bridgehead atoms. The maximum absolute atomic E-state index is 12.5. The van der Waals surface area contributed by atoms with Crippen LogP contribution in [0.4, 0.5) is 0 Å². The summed E-state index contributed by atoms with van der Waals surface area (Å²) in [6.45, 7) is 1.07. The van der Waals surface area contributed by atoms with Crippen LogP contribution in [0, 0.1) is 0 Å². The zero-order valence-corrected chi connectivity index (χ0v) is 17.5. The van der Waals surface area contributed by atoms with Crippen molar-refractivity contribution in [1.29, 1.82) is 0 Å². The van der Waals surface area contributed by atoms with Gasteiger partial charge in [0.25, 0.3) is 0 Å². The van der Waals surface area contributed by atoms with Crippen LogP contribution >= 0.6 is 46.4 Å². The van der Waals surface area contributed by atoms with Gasteiger partial charge in [-0.1, -0.05) is 76.7 Å². The number of ether oxygens (including phenoxy) is 1. The molecule has 1 aliphatic rings. The molecule has 1 fully saturated rings. The fourth-order valence-electron chi connectivity index (χ4n) is 3.29. The molecule has 1 saturated heterocycles. The Hall–Kier alpha value is -1.13. The SMILES string of the molecule is O=C(CC(Cl)(Cl)Cl)N1CC[C@@H](Oc2ccc(Cl)cc2)[C@H](c2ccccc2)C1. The molecule has 2 aromatic rings. The number of hydrogen-bond donors (Lipinski definition) is 0. The number of likely N-dealkylation sites (tertiary alicyclic amines) is 1. The molecule has 3 rings (SSSR count). The van der Waals surface area contributed by atoms with Gasteiger partial charge in [0.1, 0.15) is 11.9 Å². The summed E-state index contributed by atoms with van der Waals surface area (Å²) in [6.07, 6.45) is 0.487. The number of benzene rings is 2. The summed E-state index contributed by atoms with van der Waals surface area (Å²) in [5.41, 5.74) is 1.11. The lowest BCUT2D eigenvalue weighted by molar-refractivity contribution is -0.133. The van der Waals surface area contributed by atoms with Crippen LogP contribution in [0.2, 0.25) is 5.02 Å².